The quantitative estimate of drug-likeness (QED) is 0.771. The fraction of sp³-hybridized carbons (Fsp3) is 0.667. The largest absolute Gasteiger partial charge is 0.314 e. The molecule has 3 unspecified atom stereocenters. The van der Waals surface area contributed by atoms with Crippen LogP contribution in [0, 0.1) is 11.8 Å². The molecule has 2 heteroatoms. The van der Waals surface area contributed by atoms with Crippen LogP contribution in [0.15, 0.2) is 24.3 Å². The van der Waals surface area contributed by atoms with Crippen LogP contribution in [0.25, 0.3) is 0 Å². The summed E-state index contributed by atoms with van der Waals surface area (Å²) in [7, 11) is 0. The molecule has 20 heavy (non-hydrogen) atoms. The summed E-state index contributed by atoms with van der Waals surface area (Å²) in [5.41, 5.74) is 1.36. The zero-order valence-electron chi connectivity index (χ0n) is 12.9. The van der Waals surface area contributed by atoms with E-state index in [0.29, 0.717) is 6.04 Å². The van der Waals surface area contributed by atoms with Crippen molar-refractivity contribution in [3.63, 3.8) is 0 Å². The molecule has 0 heterocycles. The molecule has 0 bridgehead atoms. The lowest BCUT2D eigenvalue weighted by Crippen LogP contribution is -2.40. The lowest BCUT2D eigenvalue weighted by molar-refractivity contribution is 0.208. The van der Waals surface area contributed by atoms with Gasteiger partial charge in [-0.1, -0.05) is 56.8 Å². The number of halogens is 1. The van der Waals surface area contributed by atoms with Crippen molar-refractivity contribution >= 4 is 11.6 Å². The van der Waals surface area contributed by atoms with Crippen molar-refractivity contribution < 1.29 is 0 Å². The van der Waals surface area contributed by atoms with E-state index in [0.717, 1.165) is 29.8 Å². The van der Waals surface area contributed by atoms with Crippen LogP contribution in [0.3, 0.4) is 0 Å². The van der Waals surface area contributed by atoms with Crippen LogP contribution in [0.5, 0.6) is 0 Å². The molecule has 1 aromatic carbocycles. The molecule has 2 rings (SSSR count). The van der Waals surface area contributed by atoms with Crippen molar-refractivity contribution in [3.05, 3.63) is 34.9 Å². The van der Waals surface area contributed by atoms with Crippen LogP contribution >= 0.6 is 11.6 Å². The Kier molecular flexibility index (Phi) is 6.38. The van der Waals surface area contributed by atoms with Crippen molar-refractivity contribution in [1.29, 1.82) is 0 Å². The molecule has 1 nitrogen and oxygen atoms in total. The lowest BCUT2D eigenvalue weighted by Gasteiger charge is -2.35. The third kappa shape index (κ3) is 4.49. The fourth-order valence-corrected chi connectivity index (χ4v) is 3.87. The van der Waals surface area contributed by atoms with E-state index in [4.69, 9.17) is 11.6 Å². The first-order valence-electron chi connectivity index (χ1n) is 8.20. The summed E-state index contributed by atoms with van der Waals surface area (Å²) >= 11 is 6.12. The van der Waals surface area contributed by atoms with Crippen molar-refractivity contribution in [3.8, 4) is 0 Å². The molecule has 0 aromatic heterocycles. The van der Waals surface area contributed by atoms with E-state index in [1.54, 1.807) is 0 Å². The van der Waals surface area contributed by atoms with Crippen LogP contribution in [0.1, 0.15) is 51.5 Å². The number of hydrogen-bond donors (Lipinski definition) is 1. The Labute approximate surface area is 129 Å². The Hall–Kier alpha value is -0.530. The summed E-state index contributed by atoms with van der Waals surface area (Å²) in [6.45, 7) is 5.61. The van der Waals surface area contributed by atoms with Gasteiger partial charge in [-0.3, -0.25) is 0 Å². The van der Waals surface area contributed by atoms with Gasteiger partial charge >= 0.3 is 0 Å². The first-order chi connectivity index (χ1) is 9.72. The number of likely N-dealkylation sites (N-methyl/N-ethyl adjacent to an activating group) is 1. The average molecular weight is 294 g/mol. The molecule has 0 aliphatic heterocycles. The van der Waals surface area contributed by atoms with E-state index in [9.17, 15) is 0 Å². The first-order valence-corrected chi connectivity index (χ1v) is 8.58. The molecule has 1 aromatic rings. The van der Waals surface area contributed by atoms with Gasteiger partial charge in [0.15, 0.2) is 0 Å². The highest BCUT2D eigenvalue weighted by atomic mass is 35.5. The lowest BCUT2D eigenvalue weighted by atomic mass is 9.75. The summed E-state index contributed by atoms with van der Waals surface area (Å²) in [5, 5.41) is 4.58. The molecule has 0 radical (unpaired) electrons. The molecule has 1 saturated carbocycles. The maximum atomic E-state index is 6.12. The minimum absolute atomic E-state index is 0.604. The van der Waals surface area contributed by atoms with Gasteiger partial charge in [-0.15, -0.1) is 0 Å². The summed E-state index contributed by atoms with van der Waals surface area (Å²) in [6, 6.07) is 8.95. The highest BCUT2D eigenvalue weighted by Crippen LogP contribution is 2.34. The average Bonchev–Trinajstić information content (AvgIpc) is 2.47. The predicted molar refractivity (Wildman–Crippen MR) is 88.4 cm³/mol. The van der Waals surface area contributed by atoms with Gasteiger partial charge in [0.25, 0.3) is 0 Å². The summed E-state index contributed by atoms with van der Waals surface area (Å²) in [6.07, 6.45) is 8.06. The van der Waals surface area contributed by atoms with Gasteiger partial charge in [0.05, 0.1) is 0 Å². The predicted octanol–water partition coefficient (Wildman–Crippen LogP) is 5.08. The summed E-state index contributed by atoms with van der Waals surface area (Å²) in [4.78, 5) is 0. The van der Waals surface area contributed by atoms with Crippen molar-refractivity contribution in [1.82, 2.24) is 5.32 Å². The standard InChI is InChI=1S/C18H28ClN/c1-3-14-7-5-9-16(11-14)18(20-4-2)13-15-8-6-10-17(19)12-15/h6,8,10,12,14,16,18,20H,3-5,7,9,11,13H2,1-2H3. The molecule has 0 saturated heterocycles. The number of hydrogen-bond acceptors (Lipinski definition) is 1. The van der Waals surface area contributed by atoms with Crippen molar-refractivity contribution in [2.45, 2.75) is 58.4 Å². The molecule has 1 aliphatic carbocycles. The molecular formula is C18H28ClN. The second-order valence-corrected chi connectivity index (χ2v) is 6.64. The van der Waals surface area contributed by atoms with Gasteiger partial charge in [0.1, 0.15) is 0 Å². The van der Waals surface area contributed by atoms with E-state index in [1.165, 1.54) is 37.7 Å². The Balaban J connectivity index is 2.02. The van der Waals surface area contributed by atoms with Crippen LogP contribution in [-0.4, -0.2) is 12.6 Å². The third-order valence-electron chi connectivity index (χ3n) is 4.78. The van der Waals surface area contributed by atoms with Gasteiger partial charge in [-0.25, -0.2) is 0 Å². The third-order valence-corrected chi connectivity index (χ3v) is 5.02. The van der Waals surface area contributed by atoms with Crippen molar-refractivity contribution in [2.75, 3.05) is 6.54 Å². The topological polar surface area (TPSA) is 12.0 Å². The number of rotatable bonds is 6. The molecule has 1 fully saturated rings. The van der Waals surface area contributed by atoms with Gasteiger partial charge in [0, 0.05) is 11.1 Å². The smallest absolute Gasteiger partial charge is 0.0408 e. The van der Waals surface area contributed by atoms with E-state index in [1.807, 2.05) is 6.07 Å². The second kappa shape index (κ2) is 8.05. The molecule has 0 amide bonds. The van der Waals surface area contributed by atoms with Crippen LogP contribution < -0.4 is 5.32 Å². The van der Waals surface area contributed by atoms with Gasteiger partial charge in [-0.05, 0) is 55.3 Å². The molecule has 1 N–H and O–H groups in total. The van der Waals surface area contributed by atoms with E-state index in [-0.39, 0.29) is 0 Å². The SMILES string of the molecule is CCNC(Cc1cccc(Cl)c1)C1CCCC(CC)C1. The molecule has 112 valence electrons. The van der Waals surface area contributed by atoms with Crippen LogP contribution in [0.4, 0.5) is 0 Å². The number of nitrogens with one attached hydrogen (secondary N) is 1. The molecular weight excluding hydrogens is 266 g/mol. The van der Waals surface area contributed by atoms with Gasteiger partial charge in [-0.2, -0.15) is 0 Å². The second-order valence-electron chi connectivity index (χ2n) is 6.20. The van der Waals surface area contributed by atoms with E-state index < -0.39 is 0 Å². The fourth-order valence-electron chi connectivity index (χ4n) is 3.65. The number of benzene rings is 1. The van der Waals surface area contributed by atoms with Crippen molar-refractivity contribution in [2.24, 2.45) is 11.8 Å². The minimum Gasteiger partial charge on any atom is -0.314 e. The minimum atomic E-state index is 0.604. The molecule has 3 atom stereocenters. The van der Waals surface area contributed by atoms with Crippen LogP contribution in [-0.2, 0) is 6.42 Å². The highest BCUT2D eigenvalue weighted by molar-refractivity contribution is 6.30. The van der Waals surface area contributed by atoms with Gasteiger partial charge in [0.2, 0.25) is 0 Å². The van der Waals surface area contributed by atoms with Gasteiger partial charge < -0.3 is 5.32 Å². The first kappa shape index (κ1) is 15.9. The van der Waals surface area contributed by atoms with E-state index in [2.05, 4.69) is 37.4 Å². The van der Waals surface area contributed by atoms with Crippen LogP contribution in [0.2, 0.25) is 5.02 Å². The summed E-state index contributed by atoms with van der Waals surface area (Å²) in [5.74, 6) is 1.77. The monoisotopic (exact) mass is 293 g/mol. The maximum Gasteiger partial charge on any atom is 0.0408 e. The highest BCUT2D eigenvalue weighted by Gasteiger charge is 2.27. The zero-order chi connectivity index (χ0) is 14.4. The maximum absolute atomic E-state index is 6.12. The Bertz CT molecular complexity index is 404. The Morgan fingerprint density at radius 1 is 1.30 bits per heavy atom. The zero-order valence-corrected chi connectivity index (χ0v) is 13.6. The molecule has 1 aliphatic rings. The summed E-state index contributed by atoms with van der Waals surface area (Å²) < 4.78 is 0. The normalized spacial score (nSPS) is 24.6. The Morgan fingerprint density at radius 2 is 2.15 bits per heavy atom. The Morgan fingerprint density at radius 3 is 2.85 bits per heavy atom. The molecule has 0 spiro atoms. The van der Waals surface area contributed by atoms with E-state index >= 15 is 0 Å².